The second kappa shape index (κ2) is 8.95. The number of ether oxygens (including phenoxy) is 1. The van der Waals surface area contributed by atoms with Crippen LogP contribution < -0.4 is 15.2 Å². The number of benzene rings is 2. The molecule has 6 rings (SSSR count). The highest BCUT2D eigenvalue weighted by Crippen LogP contribution is 2.47. The molecule has 2 atom stereocenters. The summed E-state index contributed by atoms with van der Waals surface area (Å²) in [5, 5.41) is 12.6. The molecule has 0 unspecified atom stereocenters. The van der Waals surface area contributed by atoms with Crippen LogP contribution in [0.3, 0.4) is 0 Å². The Morgan fingerprint density at radius 3 is 2.81 bits per heavy atom. The topological polar surface area (TPSA) is 75.0 Å². The number of fused-ring (bicyclic) bond motifs is 7. The number of pyridine rings is 1. The van der Waals surface area contributed by atoms with Crippen molar-refractivity contribution >= 4 is 17.7 Å². The molecule has 0 saturated carbocycles. The van der Waals surface area contributed by atoms with Gasteiger partial charge in [0.1, 0.15) is 25.1 Å². The maximum Gasteiger partial charge on any atom is 0.278 e. The van der Waals surface area contributed by atoms with Gasteiger partial charge in [-0.3, -0.25) is 19.3 Å². The molecule has 7 nitrogen and oxygen atoms in total. The Morgan fingerprint density at radius 1 is 1.19 bits per heavy atom. The van der Waals surface area contributed by atoms with E-state index in [1.165, 1.54) is 28.7 Å². The predicted octanol–water partition coefficient (Wildman–Crippen LogP) is 4.31. The standard InChI is InChI=1S/C27H23F2N3O4S/c1-2-15-6-5-11-36-20-12-18(28)23(29)17-13-37-21-8-4-3-7-16(21)24(22(17)20)32-14-30(15)27(35)25-26(34)19(33)9-10-31(25)32/h3-10,12,15,24,34H,2,11,13-14H2,1H3/b6-5-/t15-,24+/m1/s1. The van der Waals surface area contributed by atoms with Crippen LogP contribution in [0.25, 0.3) is 0 Å². The maximum atomic E-state index is 15.4. The van der Waals surface area contributed by atoms with Gasteiger partial charge in [0, 0.05) is 40.1 Å². The summed E-state index contributed by atoms with van der Waals surface area (Å²) in [6.45, 7) is 2.08. The summed E-state index contributed by atoms with van der Waals surface area (Å²) in [5.41, 5.74) is 0.570. The van der Waals surface area contributed by atoms with Crippen LogP contribution in [-0.2, 0) is 5.75 Å². The summed E-state index contributed by atoms with van der Waals surface area (Å²) in [6.07, 6.45) is 5.56. The van der Waals surface area contributed by atoms with E-state index in [-0.39, 0.29) is 42.1 Å². The summed E-state index contributed by atoms with van der Waals surface area (Å²) in [7, 11) is 0. The molecule has 0 saturated heterocycles. The van der Waals surface area contributed by atoms with Gasteiger partial charge in [0.15, 0.2) is 23.1 Å². The third-order valence-corrected chi connectivity index (χ3v) is 8.20. The molecule has 2 aromatic carbocycles. The predicted molar refractivity (Wildman–Crippen MR) is 135 cm³/mol. The number of aromatic nitrogens is 1. The summed E-state index contributed by atoms with van der Waals surface area (Å²) in [4.78, 5) is 28.5. The van der Waals surface area contributed by atoms with Gasteiger partial charge in [-0.25, -0.2) is 8.78 Å². The van der Waals surface area contributed by atoms with Crippen molar-refractivity contribution in [1.82, 2.24) is 9.58 Å². The molecule has 3 aliphatic rings. The Labute approximate surface area is 215 Å². The maximum absolute atomic E-state index is 15.4. The van der Waals surface area contributed by atoms with Crippen molar-refractivity contribution in [1.29, 1.82) is 0 Å². The van der Waals surface area contributed by atoms with Crippen LogP contribution in [0.5, 0.6) is 11.5 Å². The van der Waals surface area contributed by atoms with E-state index in [2.05, 4.69) is 0 Å². The molecule has 1 aromatic heterocycles. The van der Waals surface area contributed by atoms with E-state index in [1.807, 2.05) is 37.3 Å². The molecule has 10 heteroatoms. The van der Waals surface area contributed by atoms with E-state index in [0.29, 0.717) is 12.0 Å². The van der Waals surface area contributed by atoms with E-state index in [1.54, 1.807) is 16.0 Å². The number of nitrogens with zero attached hydrogens (tertiary/aromatic N) is 3. The molecule has 3 aliphatic heterocycles. The van der Waals surface area contributed by atoms with E-state index >= 15 is 4.39 Å². The van der Waals surface area contributed by atoms with Crippen molar-refractivity contribution in [2.75, 3.05) is 18.3 Å². The fourth-order valence-corrected chi connectivity index (χ4v) is 6.41. The van der Waals surface area contributed by atoms with Crippen LogP contribution in [0, 0.1) is 11.6 Å². The minimum absolute atomic E-state index is 0.0680. The fourth-order valence-electron chi connectivity index (χ4n) is 5.31. The number of carbonyl (C=O) groups is 1. The minimum atomic E-state index is -0.999. The quantitative estimate of drug-likeness (QED) is 0.480. The van der Waals surface area contributed by atoms with Crippen LogP contribution in [0.2, 0.25) is 0 Å². The Morgan fingerprint density at radius 2 is 2.00 bits per heavy atom. The van der Waals surface area contributed by atoms with E-state index in [0.717, 1.165) is 16.5 Å². The van der Waals surface area contributed by atoms with E-state index < -0.39 is 34.8 Å². The average molecular weight is 524 g/mol. The molecule has 190 valence electrons. The number of halogens is 2. The third-order valence-electron chi connectivity index (χ3n) is 7.08. The lowest BCUT2D eigenvalue weighted by Crippen LogP contribution is -2.57. The molecule has 3 aromatic rings. The van der Waals surface area contributed by atoms with Crippen LogP contribution in [-0.4, -0.2) is 39.9 Å². The van der Waals surface area contributed by atoms with Gasteiger partial charge in [0.05, 0.1) is 6.04 Å². The first kappa shape index (κ1) is 23.6. The third kappa shape index (κ3) is 3.61. The lowest BCUT2D eigenvalue weighted by Gasteiger charge is -2.46. The number of hydrogen-bond acceptors (Lipinski definition) is 6. The van der Waals surface area contributed by atoms with Crippen molar-refractivity contribution in [3.05, 3.63) is 99.0 Å². The normalized spacial score (nSPS) is 21.1. The van der Waals surface area contributed by atoms with Crippen molar-refractivity contribution < 1.29 is 23.4 Å². The number of hydrogen-bond donors (Lipinski definition) is 1. The van der Waals surface area contributed by atoms with Crippen molar-refractivity contribution in [2.45, 2.75) is 36.1 Å². The Bertz CT molecular complexity index is 1520. The van der Waals surface area contributed by atoms with Gasteiger partial charge in [0.25, 0.3) is 5.91 Å². The summed E-state index contributed by atoms with van der Waals surface area (Å²) >= 11 is 1.39. The summed E-state index contributed by atoms with van der Waals surface area (Å²) < 4.78 is 37.7. The first-order valence-electron chi connectivity index (χ1n) is 11.9. The molecular weight excluding hydrogens is 500 g/mol. The molecule has 1 N–H and O–H groups in total. The highest BCUT2D eigenvalue weighted by atomic mass is 32.2. The Kier molecular flexibility index (Phi) is 5.71. The number of thioether (sulfide) groups is 1. The van der Waals surface area contributed by atoms with Crippen LogP contribution >= 0.6 is 11.8 Å². The number of rotatable bonds is 1. The molecule has 0 aliphatic carbocycles. The van der Waals surface area contributed by atoms with Crippen molar-refractivity contribution in [3.63, 3.8) is 0 Å². The number of amides is 1. The average Bonchev–Trinajstić information content (AvgIpc) is 3.08. The zero-order valence-electron chi connectivity index (χ0n) is 19.9. The van der Waals surface area contributed by atoms with E-state index in [4.69, 9.17) is 4.74 Å². The Balaban J connectivity index is 1.72. The van der Waals surface area contributed by atoms with Gasteiger partial charge in [-0.1, -0.05) is 31.2 Å². The summed E-state index contributed by atoms with van der Waals surface area (Å²) in [6, 6.07) is 8.73. The molecular formula is C27H23F2N3O4S. The Hall–Kier alpha value is -3.79. The largest absolute Gasteiger partial charge is 0.502 e. The SMILES string of the molecule is CC[C@@H]1/C=C\COc2cc(F)c(F)c3c2[C@H](c2ccccc2SC3)N2CN1C(=O)c1c(O)c(=O)ccn12. The first-order valence-corrected chi connectivity index (χ1v) is 12.9. The zero-order chi connectivity index (χ0) is 25.8. The van der Waals surface area contributed by atoms with Gasteiger partial charge >= 0.3 is 0 Å². The van der Waals surface area contributed by atoms with Gasteiger partial charge in [-0.05, 0) is 24.1 Å². The minimum Gasteiger partial charge on any atom is -0.502 e. The lowest BCUT2D eigenvalue weighted by molar-refractivity contribution is 0.0625. The lowest BCUT2D eigenvalue weighted by atomic mass is 9.92. The second-order valence-electron chi connectivity index (χ2n) is 9.08. The smallest absolute Gasteiger partial charge is 0.278 e. The second-order valence-corrected chi connectivity index (χ2v) is 10.1. The molecule has 4 heterocycles. The molecule has 0 spiro atoms. The molecule has 37 heavy (non-hydrogen) atoms. The molecule has 0 fully saturated rings. The summed E-state index contributed by atoms with van der Waals surface area (Å²) in [5.74, 6) is -2.72. The van der Waals surface area contributed by atoms with Gasteiger partial charge < -0.3 is 14.7 Å². The molecule has 2 bridgehead atoms. The van der Waals surface area contributed by atoms with Crippen LogP contribution in [0.4, 0.5) is 8.78 Å². The highest BCUT2D eigenvalue weighted by Gasteiger charge is 2.42. The van der Waals surface area contributed by atoms with E-state index in [9.17, 15) is 19.1 Å². The molecule has 0 radical (unpaired) electrons. The first-order chi connectivity index (χ1) is 17.9. The zero-order valence-corrected chi connectivity index (χ0v) is 20.7. The van der Waals surface area contributed by atoms with Crippen LogP contribution in [0.15, 0.2) is 64.4 Å². The number of carbonyl (C=O) groups excluding carboxylic acids is 1. The monoisotopic (exact) mass is 523 g/mol. The number of aromatic hydroxyl groups is 1. The molecule has 1 amide bonds. The van der Waals surface area contributed by atoms with Gasteiger partial charge in [-0.2, -0.15) is 0 Å². The van der Waals surface area contributed by atoms with Gasteiger partial charge in [0.2, 0.25) is 5.43 Å². The van der Waals surface area contributed by atoms with Gasteiger partial charge in [-0.15, -0.1) is 11.8 Å². The fraction of sp³-hybridized carbons (Fsp3) is 0.259. The van der Waals surface area contributed by atoms with Crippen molar-refractivity contribution in [2.24, 2.45) is 0 Å². The highest BCUT2D eigenvalue weighted by molar-refractivity contribution is 7.98. The van der Waals surface area contributed by atoms with Crippen molar-refractivity contribution in [3.8, 4) is 11.5 Å². The van der Waals surface area contributed by atoms with Crippen LogP contribution in [0.1, 0.15) is 46.6 Å².